The molecule has 1 rings (SSSR count). The van der Waals surface area contributed by atoms with Crippen molar-refractivity contribution in [2.24, 2.45) is 0 Å². The summed E-state index contributed by atoms with van der Waals surface area (Å²) in [6.07, 6.45) is 18.4. The highest BCUT2D eigenvalue weighted by atomic mass is 14.7. The third-order valence-electron chi connectivity index (χ3n) is 5.20. The van der Waals surface area contributed by atoms with Crippen molar-refractivity contribution >= 4 is 0 Å². The first-order valence-corrected chi connectivity index (χ1v) is 9.81. The molecule has 1 nitrogen and oxygen atoms in total. The summed E-state index contributed by atoms with van der Waals surface area (Å²) in [5.41, 5.74) is 5.77. The molecule has 0 unspecified atom stereocenters. The molecule has 0 radical (unpaired) electrons. The van der Waals surface area contributed by atoms with Crippen LogP contribution in [0.1, 0.15) is 106 Å². The fourth-order valence-corrected chi connectivity index (χ4v) is 3.31. The summed E-state index contributed by atoms with van der Waals surface area (Å²) >= 11 is 0. The van der Waals surface area contributed by atoms with Gasteiger partial charge >= 0.3 is 0 Å². The maximum atomic E-state index is 3.55. The molecule has 0 bridgehead atoms. The molecule has 1 heteroatoms. The van der Waals surface area contributed by atoms with E-state index in [1.165, 1.54) is 106 Å². The lowest BCUT2D eigenvalue weighted by molar-refractivity contribution is 0.543. The number of nitrogens with one attached hydrogen (secondary N) is 1. The van der Waals surface area contributed by atoms with E-state index in [0.29, 0.717) is 0 Å². The number of H-pyrrole nitrogens is 1. The van der Waals surface area contributed by atoms with Gasteiger partial charge in [-0.25, -0.2) is 0 Å². The molecule has 1 heterocycles. The number of unbranched alkanes of at least 4 members (excludes halogenated alkanes) is 11. The first kappa shape index (κ1) is 19.3. The Hall–Kier alpha value is -0.720. The Bertz CT molecular complexity index is 389. The Balaban J connectivity index is 1.90. The van der Waals surface area contributed by atoms with Crippen LogP contribution in [0.4, 0.5) is 0 Å². The van der Waals surface area contributed by atoms with Crippen LogP contribution in [0.5, 0.6) is 0 Å². The van der Waals surface area contributed by atoms with Crippen molar-refractivity contribution in [1.82, 2.24) is 4.98 Å². The molecule has 0 aromatic carbocycles. The van der Waals surface area contributed by atoms with E-state index in [-0.39, 0.29) is 0 Å². The normalized spacial score (nSPS) is 11.3. The van der Waals surface area contributed by atoms with Crippen molar-refractivity contribution < 1.29 is 0 Å². The lowest BCUT2D eigenvalue weighted by Gasteiger charge is -2.03. The molecule has 0 aliphatic carbocycles. The monoisotopic (exact) mass is 305 g/mol. The summed E-state index contributed by atoms with van der Waals surface area (Å²) in [7, 11) is 0. The van der Waals surface area contributed by atoms with Gasteiger partial charge in [0, 0.05) is 11.4 Å². The van der Waals surface area contributed by atoms with Crippen molar-refractivity contribution in [3.05, 3.63) is 22.5 Å². The zero-order chi connectivity index (χ0) is 16.2. The molecule has 0 spiro atoms. The smallest absolute Gasteiger partial charge is 0.0181 e. The minimum atomic E-state index is 1.23. The maximum Gasteiger partial charge on any atom is 0.0181 e. The highest BCUT2D eigenvalue weighted by Gasteiger charge is 2.06. The minimum Gasteiger partial charge on any atom is -0.362 e. The predicted octanol–water partition coefficient (Wildman–Crippen LogP) is 7.18. The number of aromatic amines is 1. The van der Waals surface area contributed by atoms with Gasteiger partial charge in [0.2, 0.25) is 0 Å². The molecule has 1 N–H and O–H groups in total. The van der Waals surface area contributed by atoms with Crippen LogP contribution in [0.3, 0.4) is 0 Å². The summed E-state index contributed by atoms with van der Waals surface area (Å²) in [6, 6.07) is 0. The van der Waals surface area contributed by atoms with Gasteiger partial charge in [0.25, 0.3) is 0 Å². The number of hydrogen-bond donors (Lipinski definition) is 1. The molecule has 0 aliphatic rings. The zero-order valence-corrected chi connectivity index (χ0v) is 15.7. The Morgan fingerprint density at radius 1 is 0.591 bits per heavy atom. The third kappa shape index (κ3) is 7.51. The van der Waals surface area contributed by atoms with Crippen LogP contribution in [0, 0.1) is 20.8 Å². The molecule has 128 valence electrons. The molecule has 0 amide bonds. The van der Waals surface area contributed by atoms with Gasteiger partial charge in [0.15, 0.2) is 0 Å². The third-order valence-corrected chi connectivity index (χ3v) is 5.20. The summed E-state index contributed by atoms with van der Waals surface area (Å²) in [5, 5.41) is 0. The molecule has 0 saturated heterocycles. The van der Waals surface area contributed by atoms with Crippen molar-refractivity contribution in [3.8, 4) is 0 Å². The highest BCUT2D eigenvalue weighted by Crippen LogP contribution is 2.19. The Morgan fingerprint density at radius 3 is 1.45 bits per heavy atom. The summed E-state index contributed by atoms with van der Waals surface area (Å²) in [6.45, 7) is 8.97. The van der Waals surface area contributed by atoms with E-state index in [0.717, 1.165) is 0 Å². The van der Waals surface area contributed by atoms with Gasteiger partial charge in [-0.2, -0.15) is 0 Å². The molecule has 1 aromatic rings. The molecule has 1 aromatic heterocycles. The molecule has 0 aliphatic heterocycles. The van der Waals surface area contributed by atoms with E-state index in [4.69, 9.17) is 0 Å². The van der Waals surface area contributed by atoms with Crippen LogP contribution < -0.4 is 0 Å². The quantitative estimate of drug-likeness (QED) is 0.371. The van der Waals surface area contributed by atoms with Gasteiger partial charge in [0.1, 0.15) is 0 Å². The molecule has 0 saturated carbocycles. The van der Waals surface area contributed by atoms with Crippen molar-refractivity contribution in [2.45, 2.75) is 111 Å². The second kappa shape index (κ2) is 11.8. The van der Waals surface area contributed by atoms with Crippen LogP contribution in [0.2, 0.25) is 0 Å². The number of hydrogen-bond acceptors (Lipinski definition) is 0. The second-order valence-electron chi connectivity index (χ2n) is 7.12. The van der Waals surface area contributed by atoms with Crippen LogP contribution >= 0.6 is 0 Å². The largest absolute Gasteiger partial charge is 0.362 e. The fourth-order valence-electron chi connectivity index (χ4n) is 3.31. The second-order valence-corrected chi connectivity index (χ2v) is 7.12. The van der Waals surface area contributed by atoms with Crippen LogP contribution in [-0.4, -0.2) is 4.98 Å². The molecular formula is C21H39N. The van der Waals surface area contributed by atoms with Gasteiger partial charge < -0.3 is 4.98 Å². The van der Waals surface area contributed by atoms with E-state index >= 15 is 0 Å². The van der Waals surface area contributed by atoms with E-state index < -0.39 is 0 Å². The van der Waals surface area contributed by atoms with Crippen LogP contribution in [0.15, 0.2) is 0 Å². The van der Waals surface area contributed by atoms with Gasteiger partial charge in [-0.1, -0.05) is 77.6 Å². The average Bonchev–Trinajstić information content (AvgIpc) is 2.75. The first-order chi connectivity index (χ1) is 10.7. The van der Waals surface area contributed by atoms with E-state index in [9.17, 15) is 0 Å². The van der Waals surface area contributed by atoms with Gasteiger partial charge in [0.05, 0.1) is 0 Å². The van der Waals surface area contributed by atoms with E-state index in [1.807, 2.05) is 0 Å². The summed E-state index contributed by atoms with van der Waals surface area (Å²) in [5.74, 6) is 0. The van der Waals surface area contributed by atoms with Crippen LogP contribution in [0.25, 0.3) is 0 Å². The van der Waals surface area contributed by atoms with Crippen molar-refractivity contribution in [3.63, 3.8) is 0 Å². The van der Waals surface area contributed by atoms with Crippen LogP contribution in [-0.2, 0) is 6.42 Å². The first-order valence-electron chi connectivity index (χ1n) is 9.81. The maximum absolute atomic E-state index is 3.55. The minimum absolute atomic E-state index is 1.23. The number of aromatic nitrogens is 1. The molecule has 0 fully saturated rings. The van der Waals surface area contributed by atoms with Crippen molar-refractivity contribution in [1.29, 1.82) is 0 Å². The topological polar surface area (TPSA) is 15.8 Å². The Kier molecular flexibility index (Phi) is 10.4. The van der Waals surface area contributed by atoms with Gasteiger partial charge in [-0.15, -0.1) is 0 Å². The highest BCUT2D eigenvalue weighted by molar-refractivity contribution is 5.34. The number of rotatable bonds is 13. The molecule has 0 atom stereocenters. The van der Waals surface area contributed by atoms with Gasteiger partial charge in [-0.05, 0) is 44.7 Å². The molecule has 22 heavy (non-hydrogen) atoms. The van der Waals surface area contributed by atoms with E-state index in [1.54, 1.807) is 0 Å². The summed E-state index contributed by atoms with van der Waals surface area (Å²) < 4.78 is 0. The molecular weight excluding hydrogens is 266 g/mol. The zero-order valence-electron chi connectivity index (χ0n) is 15.7. The lowest BCUT2D eigenvalue weighted by Crippen LogP contribution is -1.89. The number of aryl methyl sites for hydroxylation is 2. The fraction of sp³-hybridized carbons (Fsp3) is 0.810. The summed E-state index contributed by atoms with van der Waals surface area (Å²) in [4.78, 5) is 3.55. The average molecular weight is 306 g/mol. The lowest BCUT2D eigenvalue weighted by atomic mass is 10.0. The van der Waals surface area contributed by atoms with Crippen molar-refractivity contribution in [2.75, 3.05) is 0 Å². The Labute approximate surface area is 139 Å². The Morgan fingerprint density at radius 2 is 1.05 bits per heavy atom. The van der Waals surface area contributed by atoms with Gasteiger partial charge in [-0.3, -0.25) is 0 Å². The van der Waals surface area contributed by atoms with E-state index in [2.05, 4.69) is 32.7 Å². The standard InChI is InChI=1S/C21H39N/c1-5-6-7-8-9-10-11-12-13-14-15-16-17-21-19(3)18(2)20(4)22-21/h22H,5-17H2,1-4H3. The predicted molar refractivity (Wildman–Crippen MR) is 99.8 cm³/mol. The SMILES string of the molecule is CCCCCCCCCCCCCCc1[nH]c(C)c(C)c1C.